The molecular formula is C15H15BrN4S2. The van der Waals surface area contributed by atoms with E-state index in [0.717, 1.165) is 16.0 Å². The van der Waals surface area contributed by atoms with Gasteiger partial charge in [-0.3, -0.25) is 9.47 Å². The van der Waals surface area contributed by atoms with Gasteiger partial charge < -0.3 is 0 Å². The van der Waals surface area contributed by atoms with Crippen LogP contribution in [0.2, 0.25) is 0 Å². The Morgan fingerprint density at radius 1 is 1.32 bits per heavy atom. The molecule has 0 unspecified atom stereocenters. The minimum Gasteiger partial charge on any atom is -0.283 e. The van der Waals surface area contributed by atoms with E-state index < -0.39 is 0 Å². The zero-order valence-electron chi connectivity index (χ0n) is 12.0. The summed E-state index contributed by atoms with van der Waals surface area (Å²) in [6.07, 6.45) is 1.77. The second-order valence-corrected chi connectivity index (χ2v) is 7.69. The summed E-state index contributed by atoms with van der Waals surface area (Å²) in [5.41, 5.74) is 2.32. The van der Waals surface area contributed by atoms with Crippen molar-refractivity contribution in [3.8, 4) is 5.69 Å². The van der Waals surface area contributed by atoms with E-state index in [-0.39, 0.29) is 0 Å². The smallest absolute Gasteiger partial charge is 0.203 e. The van der Waals surface area contributed by atoms with Crippen LogP contribution < -0.4 is 0 Å². The minimum absolute atomic E-state index is 0.659. The van der Waals surface area contributed by atoms with Crippen molar-refractivity contribution in [2.24, 2.45) is 0 Å². The first-order valence-electron chi connectivity index (χ1n) is 6.75. The fraction of sp³-hybridized carbons (Fsp3) is 0.200. The van der Waals surface area contributed by atoms with Crippen molar-refractivity contribution in [3.05, 3.63) is 62.2 Å². The average molecular weight is 395 g/mol. The van der Waals surface area contributed by atoms with Gasteiger partial charge in [0.1, 0.15) is 6.33 Å². The first-order chi connectivity index (χ1) is 10.6. The van der Waals surface area contributed by atoms with Gasteiger partial charge in [0.25, 0.3) is 0 Å². The maximum atomic E-state index is 5.53. The summed E-state index contributed by atoms with van der Waals surface area (Å²) in [6, 6.07) is 12.2. The Morgan fingerprint density at radius 2 is 2.09 bits per heavy atom. The standard InChI is InChI=1S/C15H15BrN4S2/c1-18(8-12-7-14(16)22-9-12)11-20-15(21)19(10-17-20)13-5-3-2-4-6-13/h2-7,9-10H,8,11H2,1H3. The van der Waals surface area contributed by atoms with E-state index in [1.54, 1.807) is 17.7 Å². The summed E-state index contributed by atoms with van der Waals surface area (Å²) in [4.78, 5) is 2.19. The molecule has 7 heteroatoms. The van der Waals surface area contributed by atoms with Crippen molar-refractivity contribution < 1.29 is 0 Å². The molecule has 2 heterocycles. The van der Waals surface area contributed by atoms with Crippen molar-refractivity contribution >= 4 is 39.5 Å². The molecule has 0 amide bonds. The summed E-state index contributed by atoms with van der Waals surface area (Å²) >= 11 is 10.7. The van der Waals surface area contributed by atoms with Crippen LogP contribution in [0, 0.1) is 4.77 Å². The van der Waals surface area contributed by atoms with Crippen molar-refractivity contribution in [2.75, 3.05) is 7.05 Å². The maximum Gasteiger partial charge on any atom is 0.203 e. The number of aromatic nitrogens is 3. The number of rotatable bonds is 5. The molecule has 114 valence electrons. The molecule has 0 spiro atoms. The van der Waals surface area contributed by atoms with E-state index in [1.165, 1.54) is 5.56 Å². The summed E-state index contributed by atoms with van der Waals surface area (Å²) < 4.78 is 5.61. The van der Waals surface area contributed by atoms with Gasteiger partial charge in [-0.05, 0) is 64.3 Å². The predicted molar refractivity (Wildman–Crippen MR) is 95.9 cm³/mol. The summed E-state index contributed by atoms with van der Waals surface area (Å²) in [7, 11) is 2.06. The molecule has 3 aromatic rings. The number of hydrogen-bond donors (Lipinski definition) is 0. The van der Waals surface area contributed by atoms with Crippen LogP contribution in [0.3, 0.4) is 0 Å². The van der Waals surface area contributed by atoms with Gasteiger partial charge in [0.05, 0.1) is 10.5 Å². The first-order valence-corrected chi connectivity index (χ1v) is 8.83. The van der Waals surface area contributed by atoms with E-state index in [2.05, 4.69) is 44.4 Å². The number of halogens is 1. The quantitative estimate of drug-likeness (QED) is 0.602. The molecule has 0 aliphatic heterocycles. The summed E-state index contributed by atoms with van der Waals surface area (Å²) in [5, 5.41) is 6.56. The van der Waals surface area contributed by atoms with Crippen molar-refractivity contribution in [1.29, 1.82) is 0 Å². The molecule has 4 nitrogen and oxygen atoms in total. The Hall–Kier alpha value is -1.28. The zero-order valence-corrected chi connectivity index (χ0v) is 15.2. The molecule has 0 fully saturated rings. The van der Waals surface area contributed by atoms with E-state index in [4.69, 9.17) is 12.2 Å². The van der Waals surface area contributed by atoms with Crippen LogP contribution in [0.15, 0.2) is 51.9 Å². The third-order valence-corrected chi connectivity index (χ3v) is 5.18. The van der Waals surface area contributed by atoms with Crippen molar-refractivity contribution in [1.82, 2.24) is 19.2 Å². The van der Waals surface area contributed by atoms with Gasteiger partial charge >= 0.3 is 0 Å². The molecule has 0 aliphatic rings. The number of thiophene rings is 1. The fourth-order valence-electron chi connectivity index (χ4n) is 2.22. The van der Waals surface area contributed by atoms with Crippen molar-refractivity contribution in [3.63, 3.8) is 0 Å². The normalized spacial score (nSPS) is 11.2. The molecule has 22 heavy (non-hydrogen) atoms. The predicted octanol–water partition coefficient (Wildman–Crippen LogP) is 4.32. The van der Waals surface area contributed by atoms with E-state index >= 15 is 0 Å². The molecule has 0 aliphatic carbocycles. The van der Waals surface area contributed by atoms with Gasteiger partial charge in [-0.15, -0.1) is 11.3 Å². The van der Waals surface area contributed by atoms with Crippen LogP contribution in [0.25, 0.3) is 5.69 Å². The molecule has 3 rings (SSSR count). The number of hydrogen-bond acceptors (Lipinski definition) is 4. The number of para-hydroxylation sites is 1. The Kier molecular flexibility index (Phi) is 4.87. The molecule has 0 bridgehead atoms. The molecule has 0 saturated carbocycles. The van der Waals surface area contributed by atoms with Gasteiger partial charge in [-0.2, -0.15) is 5.10 Å². The van der Waals surface area contributed by atoms with E-state index in [0.29, 0.717) is 11.4 Å². The Bertz CT molecular complexity index is 806. The number of benzene rings is 1. The largest absolute Gasteiger partial charge is 0.283 e. The van der Waals surface area contributed by atoms with Gasteiger partial charge in [-0.1, -0.05) is 18.2 Å². The Balaban J connectivity index is 1.73. The highest BCUT2D eigenvalue weighted by Crippen LogP contribution is 2.21. The van der Waals surface area contributed by atoms with E-state index in [1.807, 2.05) is 39.6 Å². The topological polar surface area (TPSA) is 26.0 Å². The lowest BCUT2D eigenvalue weighted by molar-refractivity contribution is 0.244. The molecule has 0 saturated heterocycles. The van der Waals surface area contributed by atoms with Gasteiger partial charge in [-0.25, -0.2) is 4.68 Å². The van der Waals surface area contributed by atoms with Crippen LogP contribution in [0.4, 0.5) is 0 Å². The van der Waals surface area contributed by atoms with Gasteiger partial charge in [0, 0.05) is 12.2 Å². The molecular weight excluding hydrogens is 380 g/mol. The first kappa shape index (κ1) is 15.6. The van der Waals surface area contributed by atoms with Crippen LogP contribution in [-0.4, -0.2) is 26.3 Å². The number of nitrogens with zero attached hydrogens (tertiary/aromatic N) is 4. The fourth-order valence-corrected chi connectivity index (χ4v) is 3.68. The second-order valence-electron chi connectivity index (χ2n) is 5.03. The monoisotopic (exact) mass is 394 g/mol. The average Bonchev–Trinajstić information content (AvgIpc) is 3.07. The SMILES string of the molecule is CN(Cc1csc(Br)c1)Cn1ncn(-c2ccccc2)c1=S. The highest BCUT2D eigenvalue weighted by molar-refractivity contribution is 9.11. The van der Waals surface area contributed by atoms with Crippen LogP contribution in [0.1, 0.15) is 5.56 Å². The van der Waals surface area contributed by atoms with Crippen LogP contribution in [-0.2, 0) is 13.2 Å². The van der Waals surface area contributed by atoms with Crippen molar-refractivity contribution in [2.45, 2.75) is 13.2 Å². The maximum absolute atomic E-state index is 5.53. The van der Waals surface area contributed by atoms with Gasteiger partial charge in [0.2, 0.25) is 4.77 Å². The van der Waals surface area contributed by atoms with E-state index in [9.17, 15) is 0 Å². The molecule has 0 radical (unpaired) electrons. The molecule has 0 atom stereocenters. The lowest BCUT2D eigenvalue weighted by atomic mass is 10.3. The third-order valence-electron chi connectivity index (χ3n) is 3.22. The molecule has 1 aromatic carbocycles. The minimum atomic E-state index is 0.659. The summed E-state index contributed by atoms with van der Waals surface area (Å²) in [5.74, 6) is 0. The lowest BCUT2D eigenvalue weighted by Gasteiger charge is -2.15. The highest BCUT2D eigenvalue weighted by atomic mass is 79.9. The lowest BCUT2D eigenvalue weighted by Crippen LogP contribution is -2.22. The Morgan fingerprint density at radius 3 is 2.77 bits per heavy atom. The Labute approximate surface area is 146 Å². The molecule has 2 aromatic heterocycles. The highest BCUT2D eigenvalue weighted by Gasteiger charge is 2.07. The third kappa shape index (κ3) is 3.55. The van der Waals surface area contributed by atoms with Crippen LogP contribution >= 0.6 is 39.5 Å². The molecule has 0 N–H and O–H groups in total. The zero-order chi connectivity index (χ0) is 15.5. The summed E-state index contributed by atoms with van der Waals surface area (Å²) in [6.45, 7) is 1.52. The van der Waals surface area contributed by atoms with Crippen LogP contribution in [0.5, 0.6) is 0 Å². The van der Waals surface area contributed by atoms with Gasteiger partial charge in [0.15, 0.2) is 0 Å². The second kappa shape index (κ2) is 6.87.